The van der Waals surface area contributed by atoms with Gasteiger partial charge in [0.25, 0.3) is 0 Å². The molecule has 1 radical (unpaired) electrons. The fraction of sp³-hybridized carbons (Fsp3) is 0.122. The zero-order valence-electron chi connectivity index (χ0n) is 26.3. The van der Waals surface area contributed by atoms with Crippen LogP contribution < -0.4 is 9.80 Å². The molecule has 0 aliphatic carbocycles. The molecule has 6 aromatic carbocycles. The van der Waals surface area contributed by atoms with E-state index in [9.17, 15) is 5.11 Å². The van der Waals surface area contributed by atoms with Crippen LogP contribution in [-0.2, 0) is 25.5 Å². The molecule has 1 aliphatic rings. The molecule has 0 saturated heterocycles. The molecule has 0 unspecified atom stereocenters. The molecule has 4 nitrogen and oxygen atoms in total. The maximum absolute atomic E-state index is 9.90. The topological polar surface area (TPSA) is 39.6 Å². The van der Waals surface area contributed by atoms with E-state index in [1.807, 2.05) is 66.1 Å². The Hall–Kier alpha value is -4.70. The number of anilines is 3. The van der Waals surface area contributed by atoms with Crippen LogP contribution in [0.15, 0.2) is 128 Å². The van der Waals surface area contributed by atoms with Crippen LogP contribution in [0, 0.1) is 12.7 Å². The van der Waals surface area contributed by atoms with Gasteiger partial charge in [0.2, 0.25) is 0 Å². The molecule has 0 saturated carbocycles. The van der Waals surface area contributed by atoms with Crippen molar-refractivity contribution in [1.29, 1.82) is 0 Å². The van der Waals surface area contributed by atoms with E-state index in [4.69, 9.17) is 4.98 Å². The van der Waals surface area contributed by atoms with Gasteiger partial charge in [-0.15, -0.1) is 35.8 Å². The minimum Gasteiger partial charge on any atom is -0.506 e. The number of aromatic nitrogens is 1. The number of rotatable bonds is 2. The second kappa shape index (κ2) is 12.6. The first-order valence-electron chi connectivity index (χ1n) is 15.3. The van der Waals surface area contributed by atoms with Crippen LogP contribution in [-0.4, -0.2) is 17.1 Å². The average molecular weight is 778 g/mol. The maximum atomic E-state index is 9.90. The largest absolute Gasteiger partial charge is 0.506 e. The van der Waals surface area contributed by atoms with Crippen molar-refractivity contribution in [3.05, 3.63) is 146 Å². The fourth-order valence-corrected chi connectivity index (χ4v) is 6.25. The van der Waals surface area contributed by atoms with Gasteiger partial charge >= 0.3 is 0 Å². The van der Waals surface area contributed by atoms with E-state index < -0.39 is 0 Å². The van der Waals surface area contributed by atoms with Crippen molar-refractivity contribution in [3.8, 4) is 17.0 Å². The summed E-state index contributed by atoms with van der Waals surface area (Å²) in [6, 6.07) is 44.9. The Morgan fingerprint density at radius 3 is 2.09 bits per heavy atom. The quantitative estimate of drug-likeness (QED) is 0.140. The molecule has 7 aromatic rings. The molecule has 1 aromatic heterocycles. The summed E-state index contributed by atoms with van der Waals surface area (Å²) in [6.45, 7) is 8.77. The minimum atomic E-state index is 0. The summed E-state index contributed by atoms with van der Waals surface area (Å²) in [6.07, 6.45) is 1.92. The summed E-state index contributed by atoms with van der Waals surface area (Å²) in [5.41, 5.74) is 6.44. The molecule has 0 atom stereocenters. The molecule has 8 rings (SSSR count). The number of hydrogen-bond acceptors (Lipinski definition) is 4. The number of hydrogen-bond donors (Lipinski definition) is 1. The zero-order valence-corrected chi connectivity index (χ0v) is 28.7. The summed E-state index contributed by atoms with van der Waals surface area (Å²) in [4.78, 5) is 8.82. The molecule has 5 heteroatoms. The summed E-state index contributed by atoms with van der Waals surface area (Å²) in [7, 11) is 2.00. The minimum absolute atomic E-state index is 0. The Labute approximate surface area is 284 Å². The molecule has 231 valence electrons. The zero-order chi connectivity index (χ0) is 31.1. The Bertz CT molecular complexity index is 2190. The predicted octanol–water partition coefficient (Wildman–Crippen LogP) is 10.4. The summed E-state index contributed by atoms with van der Waals surface area (Å²) < 4.78 is 0. The van der Waals surface area contributed by atoms with Crippen LogP contribution in [0.2, 0.25) is 0 Å². The molecule has 0 spiro atoms. The molecule has 1 N–H and O–H groups in total. The standard InChI is InChI=1S/C27H22N.C14H13N2O.Ir/c1-27(2,3)25-17-20(16-19-9-5-7-11-22(19)25)26-24-13-12-18-8-4-6-10-21(18)23(24)14-15-28-26;1-15-10-16(12-7-3-2-6-11(12)15)13-8-4-5-9-14(13)17;/h4-15,17H,1-3H3;2-10,17H,1H3;/q2*-1;. The van der Waals surface area contributed by atoms with E-state index >= 15 is 0 Å². The van der Waals surface area contributed by atoms with Crippen LogP contribution in [0.5, 0.6) is 5.75 Å². The van der Waals surface area contributed by atoms with Crippen LogP contribution >= 0.6 is 0 Å². The third-order valence-corrected chi connectivity index (χ3v) is 8.46. The summed E-state index contributed by atoms with van der Waals surface area (Å²) >= 11 is 0. The number of phenolic OH excluding ortho intramolecular Hbond substituents is 1. The average Bonchev–Trinajstić information content (AvgIpc) is 3.40. The van der Waals surface area contributed by atoms with Crippen LogP contribution in [0.4, 0.5) is 17.1 Å². The number of nitrogens with zero attached hydrogens (tertiary/aromatic N) is 3. The Kier molecular flexibility index (Phi) is 8.57. The van der Waals surface area contributed by atoms with Gasteiger partial charge in [-0.05, 0) is 64.3 Å². The SMILES string of the molecule is CC(C)(C)c1cc(-c2nccc3c2ccc2ccccc23)[c-]c2ccccc12.CN1[CH-]N(c2ccccc2O)c2ccccc21.[Ir]. The van der Waals surface area contributed by atoms with Gasteiger partial charge in [-0.25, -0.2) is 0 Å². The van der Waals surface area contributed by atoms with Gasteiger partial charge < -0.3 is 14.9 Å². The van der Waals surface area contributed by atoms with E-state index in [-0.39, 0.29) is 31.3 Å². The maximum Gasteiger partial charge on any atom is 0.136 e. The van der Waals surface area contributed by atoms with Gasteiger partial charge in [0.1, 0.15) is 5.75 Å². The number of aromatic hydroxyl groups is 1. The fourth-order valence-electron chi connectivity index (χ4n) is 6.25. The normalized spacial score (nSPS) is 12.5. The first-order chi connectivity index (χ1) is 21.8. The molecule has 0 fully saturated rings. The van der Waals surface area contributed by atoms with Crippen molar-refractivity contribution in [2.24, 2.45) is 0 Å². The molecule has 2 heterocycles. The van der Waals surface area contributed by atoms with Gasteiger partial charge in [0, 0.05) is 43.4 Å². The van der Waals surface area contributed by atoms with Crippen LogP contribution in [0.25, 0.3) is 43.6 Å². The van der Waals surface area contributed by atoms with E-state index in [1.54, 1.807) is 6.07 Å². The molecule has 0 amide bonds. The van der Waals surface area contributed by atoms with Crippen molar-refractivity contribution in [3.63, 3.8) is 0 Å². The Morgan fingerprint density at radius 1 is 0.674 bits per heavy atom. The smallest absolute Gasteiger partial charge is 0.136 e. The summed E-state index contributed by atoms with van der Waals surface area (Å²) in [5, 5.41) is 17.2. The first-order valence-corrected chi connectivity index (χ1v) is 15.3. The van der Waals surface area contributed by atoms with E-state index in [2.05, 4.69) is 106 Å². The molecular formula is C41H35IrN3O-2. The first kappa shape index (κ1) is 31.3. The predicted molar refractivity (Wildman–Crippen MR) is 189 cm³/mol. The second-order valence-corrected chi connectivity index (χ2v) is 12.5. The van der Waals surface area contributed by atoms with Gasteiger partial charge in [-0.1, -0.05) is 111 Å². The van der Waals surface area contributed by atoms with E-state index in [1.165, 1.54) is 32.5 Å². The number of para-hydroxylation sites is 4. The molecule has 1 aliphatic heterocycles. The van der Waals surface area contributed by atoms with Gasteiger partial charge in [-0.2, -0.15) is 0 Å². The van der Waals surface area contributed by atoms with Crippen molar-refractivity contribution < 1.29 is 25.2 Å². The van der Waals surface area contributed by atoms with E-state index in [0.717, 1.165) is 33.7 Å². The van der Waals surface area contributed by atoms with Crippen molar-refractivity contribution in [1.82, 2.24) is 4.98 Å². The van der Waals surface area contributed by atoms with Crippen molar-refractivity contribution in [2.45, 2.75) is 26.2 Å². The van der Waals surface area contributed by atoms with Gasteiger partial charge in [-0.3, -0.25) is 4.98 Å². The monoisotopic (exact) mass is 778 g/mol. The van der Waals surface area contributed by atoms with Crippen LogP contribution in [0.3, 0.4) is 0 Å². The number of fused-ring (bicyclic) bond motifs is 5. The number of phenols is 1. The molecular weight excluding hydrogens is 743 g/mol. The van der Waals surface area contributed by atoms with Crippen LogP contribution in [0.1, 0.15) is 26.3 Å². The number of benzene rings is 6. The number of pyridine rings is 1. The Balaban J connectivity index is 0.000000177. The van der Waals surface area contributed by atoms with Gasteiger partial charge in [0.05, 0.1) is 5.69 Å². The third kappa shape index (κ3) is 5.73. The van der Waals surface area contributed by atoms with Crippen molar-refractivity contribution in [2.75, 3.05) is 16.8 Å². The Morgan fingerprint density at radius 2 is 1.33 bits per heavy atom. The summed E-state index contributed by atoms with van der Waals surface area (Å²) in [5.74, 6) is 0.286. The second-order valence-electron chi connectivity index (χ2n) is 12.5. The molecule has 0 bridgehead atoms. The van der Waals surface area contributed by atoms with Crippen molar-refractivity contribution >= 4 is 49.4 Å². The molecule has 46 heavy (non-hydrogen) atoms. The van der Waals surface area contributed by atoms with E-state index in [0.29, 0.717) is 0 Å². The third-order valence-electron chi connectivity index (χ3n) is 8.46. The van der Waals surface area contributed by atoms with Gasteiger partial charge in [0.15, 0.2) is 0 Å².